The monoisotopic (exact) mass is 269 g/mol. The molecular formula is C13H23N3O3. The zero-order valence-electron chi connectivity index (χ0n) is 11.6. The molecule has 19 heavy (non-hydrogen) atoms. The lowest BCUT2D eigenvalue weighted by molar-refractivity contribution is 0.0684. The van der Waals surface area contributed by atoms with Crippen molar-refractivity contribution in [2.75, 3.05) is 13.1 Å². The summed E-state index contributed by atoms with van der Waals surface area (Å²) in [7, 11) is 0. The lowest BCUT2D eigenvalue weighted by Gasteiger charge is -2.32. The van der Waals surface area contributed by atoms with Crippen LogP contribution >= 0.6 is 0 Å². The van der Waals surface area contributed by atoms with E-state index in [4.69, 9.17) is 4.74 Å². The average molecular weight is 269 g/mol. The van der Waals surface area contributed by atoms with E-state index in [1.54, 1.807) is 4.90 Å². The molecule has 1 aliphatic carbocycles. The number of nitrogens with one attached hydrogen (secondary N) is 2. The maximum absolute atomic E-state index is 11.7. The summed E-state index contributed by atoms with van der Waals surface area (Å²) in [4.78, 5) is 25.0. The molecule has 0 bridgehead atoms. The van der Waals surface area contributed by atoms with Crippen molar-refractivity contribution in [2.24, 2.45) is 0 Å². The molecule has 0 spiro atoms. The number of likely N-dealkylation sites (tertiary alicyclic amines) is 1. The third-order valence-corrected chi connectivity index (χ3v) is 3.34. The average Bonchev–Trinajstić information content (AvgIpc) is 3.12. The van der Waals surface area contributed by atoms with Crippen LogP contribution in [0.15, 0.2) is 0 Å². The number of carbonyl (C=O) groups excluding carboxylic acids is 2. The summed E-state index contributed by atoms with van der Waals surface area (Å²) in [5.41, 5.74) is 0. The van der Waals surface area contributed by atoms with Gasteiger partial charge in [0, 0.05) is 25.2 Å². The SMILES string of the molecule is CC(C)OC(=O)N1CCC(NC(=O)NC2CC2)CC1. The van der Waals surface area contributed by atoms with E-state index in [1.807, 2.05) is 13.8 Å². The van der Waals surface area contributed by atoms with Crippen LogP contribution in [0.4, 0.5) is 9.59 Å². The van der Waals surface area contributed by atoms with Gasteiger partial charge in [0.25, 0.3) is 0 Å². The van der Waals surface area contributed by atoms with Crippen molar-refractivity contribution in [3.05, 3.63) is 0 Å². The predicted molar refractivity (Wildman–Crippen MR) is 70.9 cm³/mol. The Kier molecular flexibility index (Phi) is 4.50. The first-order valence-electron chi connectivity index (χ1n) is 7.07. The molecule has 1 saturated heterocycles. The van der Waals surface area contributed by atoms with E-state index in [0.717, 1.165) is 25.7 Å². The fraction of sp³-hybridized carbons (Fsp3) is 0.846. The van der Waals surface area contributed by atoms with Crippen LogP contribution in [0.3, 0.4) is 0 Å². The number of carbonyl (C=O) groups is 2. The van der Waals surface area contributed by atoms with Crippen LogP contribution in [0.2, 0.25) is 0 Å². The Balaban J connectivity index is 1.66. The third-order valence-electron chi connectivity index (χ3n) is 3.34. The van der Waals surface area contributed by atoms with Crippen LogP contribution < -0.4 is 10.6 Å². The maximum atomic E-state index is 11.7. The molecule has 1 aliphatic heterocycles. The van der Waals surface area contributed by atoms with Crippen LogP contribution in [0, 0.1) is 0 Å². The first-order chi connectivity index (χ1) is 9.04. The van der Waals surface area contributed by atoms with E-state index >= 15 is 0 Å². The quantitative estimate of drug-likeness (QED) is 0.815. The van der Waals surface area contributed by atoms with Crippen LogP contribution in [0.25, 0.3) is 0 Å². The molecule has 2 fully saturated rings. The van der Waals surface area contributed by atoms with Gasteiger partial charge in [0.05, 0.1) is 6.10 Å². The number of nitrogens with zero attached hydrogens (tertiary/aromatic N) is 1. The number of rotatable bonds is 3. The van der Waals surface area contributed by atoms with Gasteiger partial charge in [-0.3, -0.25) is 0 Å². The predicted octanol–water partition coefficient (Wildman–Crippen LogP) is 1.46. The lowest BCUT2D eigenvalue weighted by Crippen LogP contribution is -2.49. The van der Waals surface area contributed by atoms with E-state index in [-0.39, 0.29) is 24.3 Å². The maximum Gasteiger partial charge on any atom is 0.410 e. The molecule has 0 atom stereocenters. The molecule has 2 aliphatic rings. The molecule has 0 radical (unpaired) electrons. The minimum absolute atomic E-state index is 0.0780. The molecule has 0 aromatic carbocycles. The number of ether oxygens (including phenoxy) is 1. The second-order valence-electron chi connectivity index (χ2n) is 5.59. The van der Waals surface area contributed by atoms with Gasteiger partial charge in [-0.25, -0.2) is 9.59 Å². The molecule has 3 amide bonds. The van der Waals surface area contributed by atoms with Gasteiger partial charge in [-0.1, -0.05) is 0 Å². The minimum atomic E-state index is -0.254. The van der Waals surface area contributed by atoms with Crippen molar-refractivity contribution < 1.29 is 14.3 Å². The summed E-state index contributed by atoms with van der Waals surface area (Å²) in [6.07, 6.45) is 3.40. The molecule has 1 heterocycles. The Morgan fingerprint density at radius 3 is 2.05 bits per heavy atom. The molecule has 1 saturated carbocycles. The Morgan fingerprint density at radius 1 is 1.05 bits per heavy atom. The number of hydrogen-bond acceptors (Lipinski definition) is 3. The van der Waals surface area contributed by atoms with Crippen molar-refractivity contribution in [1.82, 2.24) is 15.5 Å². The molecule has 0 unspecified atom stereocenters. The van der Waals surface area contributed by atoms with E-state index in [1.165, 1.54) is 0 Å². The van der Waals surface area contributed by atoms with Crippen molar-refractivity contribution in [1.29, 1.82) is 0 Å². The van der Waals surface area contributed by atoms with E-state index in [0.29, 0.717) is 19.1 Å². The summed E-state index contributed by atoms with van der Waals surface area (Å²) < 4.78 is 5.15. The van der Waals surface area contributed by atoms with Crippen molar-refractivity contribution in [3.63, 3.8) is 0 Å². The van der Waals surface area contributed by atoms with Crippen LogP contribution in [0.1, 0.15) is 39.5 Å². The third kappa shape index (κ3) is 4.61. The Morgan fingerprint density at radius 2 is 1.58 bits per heavy atom. The van der Waals surface area contributed by atoms with Crippen molar-refractivity contribution in [3.8, 4) is 0 Å². The summed E-state index contributed by atoms with van der Waals surface area (Å²) in [6.45, 7) is 4.96. The summed E-state index contributed by atoms with van der Waals surface area (Å²) >= 11 is 0. The standard InChI is InChI=1S/C13H23N3O3/c1-9(2)19-13(18)16-7-5-11(6-8-16)15-12(17)14-10-3-4-10/h9-11H,3-8H2,1-2H3,(H2,14,15,17). The van der Waals surface area contributed by atoms with Gasteiger partial charge < -0.3 is 20.3 Å². The van der Waals surface area contributed by atoms with Gasteiger partial charge in [0.2, 0.25) is 0 Å². The van der Waals surface area contributed by atoms with Crippen molar-refractivity contribution >= 4 is 12.1 Å². The van der Waals surface area contributed by atoms with E-state index in [2.05, 4.69) is 10.6 Å². The summed E-state index contributed by atoms with van der Waals surface area (Å²) in [5.74, 6) is 0. The molecule has 0 aromatic heterocycles. The Hall–Kier alpha value is -1.46. The highest BCUT2D eigenvalue weighted by molar-refractivity contribution is 5.75. The molecule has 6 heteroatoms. The molecular weight excluding hydrogens is 246 g/mol. The van der Waals surface area contributed by atoms with Gasteiger partial charge in [0.15, 0.2) is 0 Å². The molecule has 0 aromatic rings. The fourth-order valence-corrected chi connectivity index (χ4v) is 2.12. The zero-order valence-corrected chi connectivity index (χ0v) is 11.6. The van der Waals surface area contributed by atoms with Crippen LogP contribution in [0.5, 0.6) is 0 Å². The van der Waals surface area contributed by atoms with Gasteiger partial charge in [-0.2, -0.15) is 0 Å². The highest BCUT2D eigenvalue weighted by Gasteiger charge is 2.27. The van der Waals surface area contributed by atoms with Gasteiger partial charge in [0.1, 0.15) is 0 Å². The Bertz CT molecular complexity index is 334. The number of piperidine rings is 1. The topological polar surface area (TPSA) is 70.7 Å². The fourth-order valence-electron chi connectivity index (χ4n) is 2.12. The van der Waals surface area contributed by atoms with Gasteiger partial charge in [-0.15, -0.1) is 0 Å². The summed E-state index contributed by atoms with van der Waals surface area (Å²) in [6, 6.07) is 0.452. The van der Waals surface area contributed by atoms with Crippen LogP contribution in [-0.2, 0) is 4.74 Å². The highest BCUT2D eigenvalue weighted by atomic mass is 16.6. The molecule has 2 N–H and O–H groups in total. The van der Waals surface area contributed by atoms with Gasteiger partial charge >= 0.3 is 12.1 Å². The van der Waals surface area contributed by atoms with E-state index in [9.17, 15) is 9.59 Å². The smallest absolute Gasteiger partial charge is 0.410 e. The second-order valence-corrected chi connectivity index (χ2v) is 5.59. The number of urea groups is 1. The first kappa shape index (κ1) is 14.0. The summed E-state index contributed by atoms with van der Waals surface area (Å²) in [5, 5.41) is 5.87. The van der Waals surface area contributed by atoms with Gasteiger partial charge in [-0.05, 0) is 39.5 Å². The first-order valence-corrected chi connectivity index (χ1v) is 7.07. The number of amides is 3. The minimum Gasteiger partial charge on any atom is -0.447 e. The lowest BCUT2D eigenvalue weighted by atomic mass is 10.1. The highest BCUT2D eigenvalue weighted by Crippen LogP contribution is 2.18. The second kappa shape index (κ2) is 6.12. The number of hydrogen-bond donors (Lipinski definition) is 2. The van der Waals surface area contributed by atoms with Crippen LogP contribution in [-0.4, -0.2) is 48.3 Å². The van der Waals surface area contributed by atoms with Crippen molar-refractivity contribution in [2.45, 2.75) is 57.7 Å². The normalized spacial score (nSPS) is 20.3. The Labute approximate surface area is 113 Å². The largest absolute Gasteiger partial charge is 0.447 e. The molecule has 108 valence electrons. The molecule has 6 nitrogen and oxygen atoms in total. The molecule has 2 rings (SSSR count). The van der Waals surface area contributed by atoms with E-state index < -0.39 is 0 Å². The zero-order chi connectivity index (χ0) is 13.8.